The maximum absolute atomic E-state index is 14.5. The van der Waals surface area contributed by atoms with Gasteiger partial charge in [0.1, 0.15) is 11.6 Å². The highest BCUT2D eigenvalue weighted by molar-refractivity contribution is 5.55. The zero-order chi connectivity index (χ0) is 28.7. The van der Waals surface area contributed by atoms with E-state index in [1.54, 1.807) is 24.3 Å². The van der Waals surface area contributed by atoms with E-state index in [0.717, 1.165) is 25.7 Å². The molecule has 0 spiro atoms. The third kappa shape index (κ3) is 14.9. The smallest absolute Gasteiger partial charge is 0.131 e. The van der Waals surface area contributed by atoms with Crippen LogP contribution in [0.5, 0.6) is 0 Å². The number of hydrogen-bond acceptors (Lipinski definition) is 0. The van der Waals surface area contributed by atoms with Crippen molar-refractivity contribution in [2.75, 3.05) is 0 Å². The first kappa shape index (κ1) is 33.1. The fraction of sp³-hybridized carbons (Fsp3) is 0.474. The molecular formula is C38H48F2. The van der Waals surface area contributed by atoms with Crippen molar-refractivity contribution >= 4 is 12.2 Å². The second-order valence-electron chi connectivity index (χ2n) is 10.6. The molecule has 0 unspecified atom stereocenters. The lowest BCUT2D eigenvalue weighted by Gasteiger charge is -2.00. The molecule has 2 heteroatoms. The van der Waals surface area contributed by atoms with Crippen molar-refractivity contribution in [2.45, 2.75) is 117 Å². The van der Waals surface area contributed by atoms with Crippen LogP contribution in [0.3, 0.4) is 0 Å². The zero-order valence-electron chi connectivity index (χ0n) is 24.8. The Labute approximate surface area is 243 Å². The summed E-state index contributed by atoms with van der Waals surface area (Å²) in [6, 6.07) is 9.99. The molecule has 0 aliphatic heterocycles. The minimum absolute atomic E-state index is 0.284. The van der Waals surface area contributed by atoms with Crippen LogP contribution in [0.2, 0.25) is 0 Å². The van der Waals surface area contributed by atoms with Crippen molar-refractivity contribution in [3.8, 4) is 23.7 Å². The van der Waals surface area contributed by atoms with Crippen LogP contribution in [-0.2, 0) is 0 Å². The molecule has 2 rings (SSSR count). The van der Waals surface area contributed by atoms with Gasteiger partial charge in [-0.3, -0.25) is 0 Å². The van der Waals surface area contributed by atoms with E-state index in [9.17, 15) is 8.78 Å². The normalized spacial score (nSPS) is 11.0. The summed E-state index contributed by atoms with van der Waals surface area (Å²) in [5.74, 6) is 10.7. The fourth-order valence-corrected chi connectivity index (χ4v) is 4.55. The summed E-state index contributed by atoms with van der Waals surface area (Å²) in [6.07, 6.45) is 27.6. The Morgan fingerprint density at radius 2 is 0.900 bits per heavy atom. The molecular weight excluding hydrogens is 494 g/mol. The summed E-state index contributed by atoms with van der Waals surface area (Å²) < 4.78 is 28.9. The fourth-order valence-electron chi connectivity index (χ4n) is 4.55. The standard InChI is InChI=1S/C38H48F2/c1-3-5-7-9-11-13-15-17-19-25-35-29-27-33(31-37(35)39)23-21-22-24-34-28-30-36(38(40)32-34)26-20-18-16-14-12-10-8-6-4-2/h19-20,25-32H,3-18H2,1-2H3/b25-19+,26-20+. The molecule has 2 aromatic carbocycles. The summed E-state index contributed by atoms with van der Waals surface area (Å²) in [5.41, 5.74) is 2.30. The first-order chi connectivity index (χ1) is 19.6. The highest BCUT2D eigenvalue weighted by atomic mass is 19.1. The number of benzene rings is 2. The second-order valence-corrected chi connectivity index (χ2v) is 10.6. The molecule has 40 heavy (non-hydrogen) atoms. The van der Waals surface area contributed by atoms with E-state index in [-0.39, 0.29) is 11.6 Å². The van der Waals surface area contributed by atoms with Crippen molar-refractivity contribution in [3.05, 3.63) is 82.4 Å². The molecule has 0 saturated heterocycles. The lowest BCUT2D eigenvalue weighted by molar-refractivity contribution is 0.592. The van der Waals surface area contributed by atoms with Gasteiger partial charge in [-0.05, 0) is 61.8 Å². The maximum Gasteiger partial charge on any atom is 0.131 e. The highest BCUT2D eigenvalue weighted by Gasteiger charge is 2.00. The van der Waals surface area contributed by atoms with Crippen LogP contribution in [0, 0.1) is 35.3 Å². The van der Waals surface area contributed by atoms with Crippen molar-refractivity contribution in [3.63, 3.8) is 0 Å². The van der Waals surface area contributed by atoms with E-state index in [2.05, 4.69) is 49.7 Å². The quantitative estimate of drug-likeness (QED) is 0.130. The summed E-state index contributed by atoms with van der Waals surface area (Å²) in [6.45, 7) is 4.47. The van der Waals surface area contributed by atoms with Gasteiger partial charge in [-0.2, -0.15) is 0 Å². The van der Waals surface area contributed by atoms with Crippen LogP contribution >= 0.6 is 0 Å². The summed E-state index contributed by atoms with van der Waals surface area (Å²) >= 11 is 0. The molecule has 214 valence electrons. The van der Waals surface area contributed by atoms with Crippen molar-refractivity contribution in [1.29, 1.82) is 0 Å². The van der Waals surface area contributed by atoms with Gasteiger partial charge in [0.15, 0.2) is 0 Å². The topological polar surface area (TPSA) is 0 Å². The van der Waals surface area contributed by atoms with Crippen molar-refractivity contribution < 1.29 is 8.78 Å². The van der Waals surface area contributed by atoms with Gasteiger partial charge in [-0.25, -0.2) is 8.78 Å². The van der Waals surface area contributed by atoms with Crippen LogP contribution in [-0.4, -0.2) is 0 Å². The van der Waals surface area contributed by atoms with Crippen LogP contribution in [0.1, 0.15) is 139 Å². The van der Waals surface area contributed by atoms with Gasteiger partial charge >= 0.3 is 0 Å². The van der Waals surface area contributed by atoms with Crippen molar-refractivity contribution in [2.24, 2.45) is 0 Å². The Balaban J connectivity index is 1.76. The first-order valence-corrected chi connectivity index (χ1v) is 15.6. The molecule has 0 aliphatic carbocycles. The number of halogens is 2. The van der Waals surface area contributed by atoms with Crippen LogP contribution in [0.4, 0.5) is 8.78 Å². The van der Waals surface area contributed by atoms with Crippen LogP contribution in [0.25, 0.3) is 12.2 Å². The Morgan fingerprint density at radius 1 is 0.525 bits per heavy atom. The van der Waals surface area contributed by atoms with Gasteiger partial charge in [0.25, 0.3) is 0 Å². The maximum atomic E-state index is 14.5. The third-order valence-corrected chi connectivity index (χ3v) is 7.02. The number of allylic oxidation sites excluding steroid dienone is 2. The zero-order valence-corrected chi connectivity index (χ0v) is 24.8. The van der Waals surface area contributed by atoms with E-state index >= 15 is 0 Å². The molecule has 0 amide bonds. The lowest BCUT2D eigenvalue weighted by Crippen LogP contribution is -1.85. The summed E-state index contributed by atoms with van der Waals surface area (Å²) in [4.78, 5) is 0. The highest BCUT2D eigenvalue weighted by Crippen LogP contribution is 2.15. The molecule has 0 heterocycles. The molecule has 0 aromatic heterocycles. The molecule has 0 atom stereocenters. The lowest BCUT2D eigenvalue weighted by atomic mass is 10.1. The predicted octanol–water partition coefficient (Wildman–Crippen LogP) is 11.7. The first-order valence-electron chi connectivity index (χ1n) is 15.6. The molecule has 0 radical (unpaired) electrons. The number of hydrogen-bond donors (Lipinski definition) is 0. The van der Waals surface area contributed by atoms with E-state index < -0.39 is 0 Å². The van der Waals surface area contributed by atoms with E-state index in [1.165, 1.54) is 89.2 Å². The summed E-state index contributed by atoms with van der Waals surface area (Å²) in [5, 5.41) is 0. The molecule has 0 fully saturated rings. The monoisotopic (exact) mass is 542 g/mol. The Kier molecular flexibility index (Phi) is 18.0. The Morgan fingerprint density at radius 3 is 1.27 bits per heavy atom. The molecule has 0 aliphatic rings. The van der Waals surface area contributed by atoms with Gasteiger partial charge in [0.2, 0.25) is 0 Å². The molecule has 0 saturated carbocycles. The van der Waals surface area contributed by atoms with Gasteiger partial charge in [0.05, 0.1) is 0 Å². The third-order valence-electron chi connectivity index (χ3n) is 7.02. The van der Waals surface area contributed by atoms with E-state index in [0.29, 0.717) is 22.3 Å². The van der Waals surface area contributed by atoms with Gasteiger partial charge < -0.3 is 0 Å². The van der Waals surface area contributed by atoms with Gasteiger partial charge in [-0.1, -0.05) is 139 Å². The van der Waals surface area contributed by atoms with E-state index in [1.807, 2.05) is 12.2 Å². The Hall–Kier alpha value is -3.10. The minimum atomic E-state index is -0.284. The minimum Gasteiger partial charge on any atom is -0.206 e. The Bertz CT molecular complexity index is 1070. The molecule has 0 bridgehead atoms. The second kappa shape index (κ2) is 21.7. The predicted molar refractivity (Wildman–Crippen MR) is 170 cm³/mol. The number of rotatable bonds is 18. The molecule has 0 N–H and O–H groups in total. The van der Waals surface area contributed by atoms with Crippen molar-refractivity contribution in [1.82, 2.24) is 0 Å². The summed E-state index contributed by atoms with van der Waals surface area (Å²) in [7, 11) is 0. The van der Waals surface area contributed by atoms with Crippen LogP contribution < -0.4 is 0 Å². The average molecular weight is 543 g/mol. The van der Waals surface area contributed by atoms with Gasteiger partial charge in [0, 0.05) is 22.3 Å². The van der Waals surface area contributed by atoms with Gasteiger partial charge in [-0.15, -0.1) is 0 Å². The average Bonchev–Trinajstić information content (AvgIpc) is 2.95. The molecule has 2 aromatic rings. The molecule has 0 nitrogen and oxygen atoms in total. The van der Waals surface area contributed by atoms with Crippen LogP contribution in [0.15, 0.2) is 48.6 Å². The van der Waals surface area contributed by atoms with E-state index in [4.69, 9.17) is 0 Å². The SMILES string of the molecule is CCCCCCCCC/C=C/c1ccc(C#CC#Cc2ccc(/C=C/CCCCCCCCC)c(F)c2)cc1F. The largest absolute Gasteiger partial charge is 0.206 e. The number of unbranched alkanes of at least 4 members (excludes halogenated alkanes) is 14.